The fraction of sp³-hybridized carbons (Fsp3) is 0.591. The van der Waals surface area contributed by atoms with Crippen LogP contribution in [0.3, 0.4) is 0 Å². The van der Waals surface area contributed by atoms with Crippen LogP contribution in [-0.2, 0) is 9.59 Å². The van der Waals surface area contributed by atoms with Gasteiger partial charge in [-0.05, 0) is 69.0 Å². The number of imide groups is 1. The van der Waals surface area contributed by atoms with Gasteiger partial charge in [-0.25, -0.2) is 9.69 Å². The van der Waals surface area contributed by atoms with Crippen LogP contribution < -0.4 is 20.3 Å². The van der Waals surface area contributed by atoms with Gasteiger partial charge in [0.1, 0.15) is 11.8 Å². The van der Waals surface area contributed by atoms with Crippen molar-refractivity contribution in [2.75, 3.05) is 31.6 Å². The van der Waals surface area contributed by atoms with E-state index in [1.807, 2.05) is 0 Å². The molecule has 0 radical (unpaired) electrons. The highest BCUT2D eigenvalue weighted by molar-refractivity contribution is 6.22. The predicted molar refractivity (Wildman–Crippen MR) is 112 cm³/mol. The number of carbonyl (C=O) groups excluding carboxylic acids is 3. The smallest absolute Gasteiger partial charge is 0.329 e. The normalized spacial score (nSPS) is 26.8. The maximum Gasteiger partial charge on any atom is 0.329 e. The molecule has 3 aliphatic heterocycles. The van der Waals surface area contributed by atoms with Crippen molar-refractivity contribution in [3.63, 3.8) is 0 Å². The van der Waals surface area contributed by atoms with E-state index < -0.39 is 18.0 Å². The van der Waals surface area contributed by atoms with E-state index in [4.69, 9.17) is 4.74 Å². The average Bonchev–Trinajstić information content (AvgIpc) is 3.05. The van der Waals surface area contributed by atoms with Crippen LogP contribution >= 0.6 is 0 Å². The highest BCUT2D eigenvalue weighted by Gasteiger charge is 2.40. The van der Waals surface area contributed by atoms with Gasteiger partial charge in [-0.1, -0.05) is 6.42 Å². The Hall–Kier alpha value is -2.61. The standard InChI is InChI=1S/C22H30N4O4/c1-30-17-9-7-16(8-10-17)26-21(28)18(24-22(26)29)13-20(27)23-14-15-5-4-12-25-11-3-2-6-19(15)25/h7-10,15,18-19H,2-6,11-14H2,1H3,(H,23,27)(H,24,29)/t15-,18-,19+/m1/s1. The van der Waals surface area contributed by atoms with Crippen LogP contribution in [0, 0.1) is 5.92 Å². The number of carbonyl (C=O) groups is 3. The van der Waals surface area contributed by atoms with Crippen molar-refractivity contribution in [2.24, 2.45) is 5.92 Å². The van der Waals surface area contributed by atoms with Crippen LogP contribution in [0.25, 0.3) is 0 Å². The Kier molecular flexibility index (Phi) is 6.22. The summed E-state index contributed by atoms with van der Waals surface area (Å²) in [6.45, 7) is 2.97. The first-order chi connectivity index (χ1) is 14.6. The van der Waals surface area contributed by atoms with Crippen molar-refractivity contribution in [2.45, 2.75) is 50.6 Å². The number of benzene rings is 1. The fourth-order valence-corrected chi connectivity index (χ4v) is 4.96. The molecule has 3 saturated heterocycles. The SMILES string of the molecule is COc1ccc(N2C(=O)N[C@H](CC(=O)NC[C@H]3CCCN4CCCC[C@@H]34)C2=O)cc1. The Bertz CT molecular complexity index is 795. The van der Waals surface area contributed by atoms with Gasteiger partial charge < -0.3 is 20.3 Å². The van der Waals surface area contributed by atoms with Gasteiger partial charge in [0.15, 0.2) is 0 Å². The molecule has 0 bridgehead atoms. The minimum atomic E-state index is -0.836. The number of fused-ring (bicyclic) bond motifs is 1. The number of rotatable bonds is 6. The number of hydrogen-bond acceptors (Lipinski definition) is 5. The van der Waals surface area contributed by atoms with Crippen molar-refractivity contribution in [1.29, 1.82) is 0 Å². The molecular weight excluding hydrogens is 384 g/mol. The first-order valence-electron chi connectivity index (χ1n) is 10.9. The molecule has 0 aliphatic carbocycles. The van der Waals surface area contributed by atoms with Crippen molar-refractivity contribution < 1.29 is 19.1 Å². The summed E-state index contributed by atoms with van der Waals surface area (Å²) < 4.78 is 5.11. The summed E-state index contributed by atoms with van der Waals surface area (Å²) in [5.74, 6) is 0.503. The van der Waals surface area contributed by atoms with Gasteiger partial charge in [-0.2, -0.15) is 0 Å². The molecule has 30 heavy (non-hydrogen) atoms. The number of amides is 4. The number of ether oxygens (including phenoxy) is 1. The van der Waals surface area contributed by atoms with Gasteiger partial charge in [-0.3, -0.25) is 9.59 Å². The number of nitrogens with one attached hydrogen (secondary N) is 2. The van der Waals surface area contributed by atoms with Gasteiger partial charge in [0.25, 0.3) is 5.91 Å². The molecule has 1 aromatic rings. The summed E-state index contributed by atoms with van der Waals surface area (Å²) in [5, 5.41) is 5.65. The molecule has 3 atom stereocenters. The van der Waals surface area contributed by atoms with E-state index in [-0.39, 0.29) is 12.3 Å². The maximum absolute atomic E-state index is 12.7. The summed E-state index contributed by atoms with van der Waals surface area (Å²) >= 11 is 0. The number of urea groups is 1. The van der Waals surface area contributed by atoms with E-state index in [1.54, 1.807) is 31.4 Å². The number of methoxy groups -OCH3 is 1. The molecule has 8 nitrogen and oxygen atoms in total. The lowest BCUT2D eigenvalue weighted by molar-refractivity contribution is -0.125. The van der Waals surface area contributed by atoms with E-state index in [0.29, 0.717) is 29.9 Å². The van der Waals surface area contributed by atoms with Gasteiger partial charge in [0.2, 0.25) is 5.91 Å². The van der Waals surface area contributed by atoms with Crippen LogP contribution in [0.4, 0.5) is 10.5 Å². The number of hydrogen-bond donors (Lipinski definition) is 2. The van der Waals surface area contributed by atoms with Crippen molar-refractivity contribution in [3.8, 4) is 5.75 Å². The lowest BCUT2D eigenvalue weighted by atomic mass is 9.83. The number of anilines is 1. The third-order valence-electron chi connectivity index (χ3n) is 6.53. The van der Waals surface area contributed by atoms with E-state index in [0.717, 1.165) is 11.3 Å². The second-order valence-electron chi connectivity index (χ2n) is 8.38. The molecule has 0 spiro atoms. The Morgan fingerprint density at radius 2 is 1.90 bits per heavy atom. The molecule has 162 valence electrons. The Labute approximate surface area is 176 Å². The van der Waals surface area contributed by atoms with E-state index >= 15 is 0 Å². The second kappa shape index (κ2) is 9.04. The largest absolute Gasteiger partial charge is 0.497 e. The average molecular weight is 415 g/mol. The first kappa shape index (κ1) is 20.7. The van der Waals surface area contributed by atoms with Crippen molar-refractivity contribution in [3.05, 3.63) is 24.3 Å². The molecule has 3 aliphatic rings. The Morgan fingerprint density at radius 1 is 1.13 bits per heavy atom. The van der Waals surface area contributed by atoms with Gasteiger partial charge in [0.05, 0.1) is 19.2 Å². The van der Waals surface area contributed by atoms with Crippen LogP contribution in [0.5, 0.6) is 5.75 Å². The van der Waals surface area contributed by atoms with Crippen molar-refractivity contribution >= 4 is 23.5 Å². The summed E-state index contributed by atoms with van der Waals surface area (Å²) in [5.41, 5.74) is 0.459. The zero-order chi connectivity index (χ0) is 21.1. The molecule has 8 heteroatoms. The van der Waals surface area contributed by atoms with Crippen molar-refractivity contribution in [1.82, 2.24) is 15.5 Å². The summed E-state index contributed by atoms with van der Waals surface area (Å²) in [7, 11) is 1.55. The van der Waals surface area contributed by atoms with E-state index in [1.165, 1.54) is 38.8 Å². The Morgan fingerprint density at radius 3 is 2.67 bits per heavy atom. The topological polar surface area (TPSA) is 91.0 Å². The number of nitrogens with zero attached hydrogens (tertiary/aromatic N) is 2. The highest BCUT2D eigenvalue weighted by atomic mass is 16.5. The molecule has 0 saturated carbocycles. The summed E-state index contributed by atoms with van der Waals surface area (Å²) in [6.07, 6.45) is 5.99. The molecule has 0 unspecified atom stereocenters. The van der Waals surface area contributed by atoms with Crippen LogP contribution in [0.15, 0.2) is 24.3 Å². The predicted octanol–water partition coefficient (Wildman–Crippen LogP) is 1.89. The van der Waals surface area contributed by atoms with Gasteiger partial charge in [0, 0.05) is 12.6 Å². The van der Waals surface area contributed by atoms with Crippen LogP contribution in [0.2, 0.25) is 0 Å². The zero-order valence-electron chi connectivity index (χ0n) is 17.4. The molecule has 0 aromatic heterocycles. The molecule has 3 fully saturated rings. The fourth-order valence-electron chi connectivity index (χ4n) is 4.96. The molecular formula is C22H30N4O4. The van der Waals surface area contributed by atoms with Crippen LogP contribution in [0.1, 0.15) is 38.5 Å². The molecule has 4 rings (SSSR count). The van der Waals surface area contributed by atoms with E-state index in [9.17, 15) is 14.4 Å². The Balaban J connectivity index is 1.31. The zero-order valence-corrected chi connectivity index (χ0v) is 17.4. The van der Waals surface area contributed by atoms with Gasteiger partial charge >= 0.3 is 6.03 Å². The minimum absolute atomic E-state index is 0.0433. The second-order valence-corrected chi connectivity index (χ2v) is 8.38. The van der Waals surface area contributed by atoms with Crippen LogP contribution in [-0.4, -0.2) is 61.6 Å². The third kappa shape index (κ3) is 4.28. The number of piperidine rings is 2. The lowest BCUT2D eigenvalue weighted by Gasteiger charge is -2.44. The molecule has 1 aromatic carbocycles. The summed E-state index contributed by atoms with van der Waals surface area (Å²) in [6, 6.07) is 5.90. The molecule has 4 amide bonds. The quantitative estimate of drug-likeness (QED) is 0.694. The summed E-state index contributed by atoms with van der Waals surface area (Å²) in [4.78, 5) is 41.2. The monoisotopic (exact) mass is 414 g/mol. The maximum atomic E-state index is 12.7. The third-order valence-corrected chi connectivity index (χ3v) is 6.53. The van der Waals surface area contributed by atoms with E-state index in [2.05, 4.69) is 15.5 Å². The molecule has 2 N–H and O–H groups in total. The first-order valence-corrected chi connectivity index (χ1v) is 10.9. The highest BCUT2D eigenvalue weighted by Crippen LogP contribution is 2.30. The lowest BCUT2D eigenvalue weighted by Crippen LogP contribution is -2.51. The molecule has 3 heterocycles. The van der Waals surface area contributed by atoms with Gasteiger partial charge in [-0.15, -0.1) is 0 Å². The minimum Gasteiger partial charge on any atom is -0.497 e.